The van der Waals surface area contributed by atoms with Crippen molar-refractivity contribution in [1.82, 2.24) is 25.1 Å². The first-order valence-corrected chi connectivity index (χ1v) is 21.1. The molecular weight excluding hydrogens is 762 g/mol. The zero-order chi connectivity index (χ0) is 41.2. The number of carbonyl (C=O) groups excluding carboxylic acids is 2. The number of carbonyl (C=O) groups is 2. The molecule has 2 saturated carbocycles. The van der Waals surface area contributed by atoms with Crippen molar-refractivity contribution in [3.63, 3.8) is 0 Å². The van der Waals surface area contributed by atoms with Gasteiger partial charge in [0.1, 0.15) is 17.9 Å². The van der Waals surface area contributed by atoms with E-state index in [2.05, 4.69) is 93.5 Å². The molecule has 2 aliphatic carbocycles. The van der Waals surface area contributed by atoms with Crippen molar-refractivity contribution in [3.05, 3.63) is 88.8 Å². The van der Waals surface area contributed by atoms with E-state index in [1.54, 1.807) is 30.6 Å². The molecule has 1 saturated heterocycles. The summed E-state index contributed by atoms with van der Waals surface area (Å²) in [6.45, 7) is 12.9. The van der Waals surface area contributed by atoms with Gasteiger partial charge in [-0.2, -0.15) is 10.4 Å². The van der Waals surface area contributed by atoms with Gasteiger partial charge in [-0.3, -0.25) is 14.3 Å². The van der Waals surface area contributed by atoms with Gasteiger partial charge >= 0.3 is 0 Å². The van der Waals surface area contributed by atoms with Crippen LogP contribution >= 0.6 is 11.6 Å². The molecule has 9 rings (SSSR count). The SMILES string of the molecule is C[C@@H]1CC(=O)Nc2cccc(-c3ccc4c(c3)c(C3CC3)nn4CC3CCN(c4ncc(C(=O)NC5C(C)(C)C(Oc6ccc(C#N)c(Cl)c6)C5(C)C)cn4)CC3)c2N1. The van der Waals surface area contributed by atoms with Gasteiger partial charge in [-0.25, -0.2) is 9.97 Å². The molecule has 3 N–H and O–H groups in total. The Morgan fingerprint density at radius 3 is 2.46 bits per heavy atom. The summed E-state index contributed by atoms with van der Waals surface area (Å²) in [6.07, 6.45) is 7.79. The van der Waals surface area contributed by atoms with Crippen molar-refractivity contribution in [2.45, 2.75) is 97.4 Å². The molecule has 4 heterocycles. The average Bonchev–Trinajstić information content (AvgIpc) is 4.02. The van der Waals surface area contributed by atoms with Crippen LogP contribution in [0.5, 0.6) is 5.75 Å². The number of benzene rings is 3. The first-order chi connectivity index (χ1) is 28.3. The summed E-state index contributed by atoms with van der Waals surface area (Å²) in [5.74, 6) is 1.99. The monoisotopic (exact) mass is 811 g/mol. The molecule has 0 radical (unpaired) electrons. The lowest BCUT2D eigenvalue weighted by atomic mass is 9.49. The van der Waals surface area contributed by atoms with Gasteiger partial charge in [-0.05, 0) is 74.4 Å². The Labute approximate surface area is 349 Å². The fourth-order valence-electron chi connectivity index (χ4n) is 9.97. The molecular formula is C46H50ClN9O3. The van der Waals surface area contributed by atoms with Crippen LogP contribution in [0.2, 0.25) is 5.02 Å². The van der Waals surface area contributed by atoms with E-state index in [0.717, 1.165) is 55.0 Å². The largest absolute Gasteiger partial charge is 0.489 e. The summed E-state index contributed by atoms with van der Waals surface area (Å²) >= 11 is 6.26. The van der Waals surface area contributed by atoms with Gasteiger partial charge in [0.2, 0.25) is 11.9 Å². The van der Waals surface area contributed by atoms with E-state index in [0.29, 0.717) is 46.1 Å². The Bertz CT molecular complexity index is 2480. The second kappa shape index (κ2) is 14.9. The van der Waals surface area contributed by atoms with Crippen LogP contribution in [0.3, 0.4) is 0 Å². The molecule has 4 aliphatic rings. The molecule has 2 amide bonds. The van der Waals surface area contributed by atoms with Crippen molar-refractivity contribution in [2.24, 2.45) is 16.7 Å². The third kappa shape index (κ3) is 7.24. The number of hydrogen-bond acceptors (Lipinski definition) is 9. The minimum absolute atomic E-state index is 0.0265. The fourth-order valence-corrected chi connectivity index (χ4v) is 10.2. The molecule has 3 fully saturated rings. The first-order valence-electron chi connectivity index (χ1n) is 20.7. The van der Waals surface area contributed by atoms with Gasteiger partial charge in [-0.15, -0.1) is 0 Å². The number of piperidine rings is 1. The number of rotatable bonds is 9. The van der Waals surface area contributed by atoms with E-state index in [4.69, 9.17) is 21.4 Å². The molecule has 59 heavy (non-hydrogen) atoms. The Balaban J connectivity index is 0.830. The maximum atomic E-state index is 13.5. The number of nitriles is 1. The lowest BCUT2D eigenvalue weighted by Crippen LogP contribution is -2.74. The van der Waals surface area contributed by atoms with E-state index in [1.165, 1.54) is 29.4 Å². The minimum atomic E-state index is -0.380. The molecule has 1 atom stereocenters. The summed E-state index contributed by atoms with van der Waals surface area (Å²) in [5, 5.41) is 25.9. The number of fused-ring (bicyclic) bond motifs is 2. The summed E-state index contributed by atoms with van der Waals surface area (Å²) < 4.78 is 8.61. The van der Waals surface area contributed by atoms with Crippen molar-refractivity contribution in [2.75, 3.05) is 28.6 Å². The summed E-state index contributed by atoms with van der Waals surface area (Å²) in [6, 6.07) is 19.8. The maximum absolute atomic E-state index is 13.5. The Hall–Kier alpha value is -5.67. The van der Waals surface area contributed by atoms with Crippen molar-refractivity contribution < 1.29 is 14.3 Å². The lowest BCUT2D eigenvalue weighted by molar-refractivity contribution is -0.164. The molecule has 2 aromatic heterocycles. The highest BCUT2D eigenvalue weighted by atomic mass is 35.5. The lowest BCUT2D eigenvalue weighted by Gasteiger charge is -2.63. The number of nitrogens with zero attached hydrogens (tertiary/aromatic N) is 6. The van der Waals surface area contributed by atoms with E-state index in [-0.39, 0.29) is 40.8 Å². The van der Waals surface area contributed by atoms with Crippen LogP contribution in [0.1, 0.15) is 94.3 Å². The fraction of sp³-hybridized carbons (Fsp3) is 0.435. The average molecular weight is 812 g/mol. The number of anilines is 3. The number of amides is 2. The Morgan fingerprint density at radius 2 is 1.76 bits per heavy atom. The van der Waals surface area contributed by atoms with E-state index in [1.807, 2.05) is 19.1 Å². The molecule has 304 valence electrons. The van der Waals surface area contributed by atoms with Gasteiger partial charge in [0.15, 0.2) is 0 Å². The predicted molar refractivity (Wildman–Crippen MR) is 230 cm³/mol. The Morgan fingerprint density at radius 1 is 1.02 bits per heavy atom. The summed E-state index contributed by atoms with van der Waals surface area (Å²) in [5.41, 5.74) is 6.40. The van der Waals surface area contributed by atoms with Crippen molar-refractivity contribution in [3.8, 4) is 22.9 Å². The van der Waals surface area contributed by atoms with Crippen LogP contribution in [0.4, 0.5) is 17.3 Å². The van der Waals surface area contributed by atoms with Crippen LogP contribution in [0.15, 0.2) is 67.0 Å². The van der Waals surface area contributed by atoms with Gasteiger partial charge in [0, 0.05) is 84.3 Å². The van der Waals surface area contributed by atoms with Crippen LogP contribution < -0.4 is 25.6 Å². The van der Waals surface area contributed by atoms with Gasteiger partial charge in [0.25, 0.3) is 5.91 Å². The third-order valence-corrected chi connectivity index (χ3v) is 13.2. The van der Waals surface area contributed by atoms with E-state index >= 15 is 0 Å². The highest BCUT2D eigenvalue weighted by molar-refractivity contribution is 6.31. The third-order valence-electron chi connectivity index (χ3n) is 12.9. The van der Waals surface area contributed by atoms with Crippen molar-refractivity contribution >= 4 is 51.6 Å². The van der Waals surface area contributed by atoms with Gasteiger partial charge < -0.3 is 25.6 Å². The number of nitrogens with one attached hydrogen (secondary N) is 3. The molecule has 0 spiro atoms. The standard InChI is InChI=1S/C46H50ClN9O3/c1-26-19-38(57)52-36-8-6-7-33(40(36)51-26)29-12-14-37-34(20-29)39(28-9-10-28)54-56(37)25-27-15-17-55(18-16-27)44-49-23-31(24-50-44)41(58)53-42-45(2,3)43(46(42,4)5)59-32-13-11-30(22-48)35(47)21-32/h6-8,11-14,20-21,23-24,26-28,42-43,51H,9-10,15-19,25H2,1-5H3,(H,52,57)(H,53,58)/t26-,42?,43?/m1/s1. The van der Waals surface area contributed by atoms with E-state index < -0.39 is 0 Å². The second-order valence-electron chi connectivity index (χ2n) is 18.1. The molecule has 5 aromatic rings. The quantitative estimate of drug-likeness (QED) is 0.133. The van der Waals surface area contributed by atoms with Gasteiger partial charge in [0.05, 0.1) is 38.7 Å². The smallest absolute Gasteiger partial charge is 0.254 e. The Kier molecular flexibility index (Phi) is 9.78. The van der Waals surface area contributed by atoms with Crippen LogP contribution in [0, 0.1) is 28.1 Å². The minimum Gasteiger partial charge on any atom is -0.489 e. The highest BCUT2D eigenvalue weighted by Gasteiger charge is 2.64. The number of hydrogen-bond donors (Lipinski definition) is 3. The maximum Gasteiger partial charge on any atom is 0.254 e. The van der Waals surface area contributed by atoms with Crippen molar-refractivity contribution in [1.29, 1.82) is 5.26 Å². The van der Waals surface area contributed by atoms with E-state index in [9.17, 15) is 14.9 Å². The predicted octanol–water partition coefficient (Wildman–Crippen LogP) is 8.57. The zero-order valence-electron chi connectivity index (χ0n) is 34.2. The molecule has 3 aromatic carbocycles. The number of halogens is 1. The zero-order valence-corrected chi connectivity index (χ0v) is 34.9. The van der Waals surface area contributed by atoms with Crippen LogP contribution in [0.25, 0.3) is 22.0 Å². The molecule has 0 bridgehead atoms. The summed E-state index contributed by atoms with van der Waals surface area (Å²) in [7, 11) is 0. The van der Waals surface area contributed by atoms with Gasteiger partial charge in [-0.1, -0.05) is 57.5 Å². The topological polar surface area (TPSA) is 150 Å². The second-order valence-corrected chi connectivity index (χ2v) is 18.5. The van der Waals surface area contributed by atoms with Crippen LogP contribution in [-0.2, 0) is 11.3 Å². The molecule has 0 unspecified atom stereocenters. The molecule has 13 heteroatoms. The number of ether oxygens (including phenoxy) is 1. The molecule has 12 nitrogen and oxygen atoms in total. The highest BCUT2D eigenvalue weighted by Crippen LogP contribution is 2.55. The first kappa shape index (κ1) is 38.8. The molecule has 2 aliphatic heterocycles. The normalized spacial score (nSPS) is 22.3. The van der Waals surface area contributed by atoms with Crippen LogP contribution in [-0.4, -0.2) is 62.8 Å². The number of aromatic nitrogens is 4. The summed E-state index contributed by atoms with van der Waals surface area (Å²) in [4.78, 5) is 37.4. The number of para-hydroxylation sites is 1.